The molecule has 2 unspecified atom stereocenters. The summed E-state index contributed by atoms with van der Waals surface area (Å²) in [4.78, 5) is 12.1. The first-order valence-electron chi connectivity index (χ1n) is 7.34. The first-order valence-corrected chi connectivity index (χ1v) is 8.99. The van der Waals surface area contributed by atoms with Crippen LogP contribution in [0.5, 0.6) is 0 Å². The summed E-state index contributed by atoms with van der Waals surface area (Å²) < 4.78 is 26.3. The molecule has 1 aromatic rings. The summed E-state index contributed by atoms with van der Waals surface area (Å²) >= 11 is 0. The summed E-state index contributed by atoms with van der Waals surface area (Å²) in [5.74, 6) is -0.461. The lowest BCUT2D eigenvalue weighted by atomic mass is 10.0. The minimum atomic E-state index is -3.36. The lowest BCUT2D eigenvalue weighted by Crippen LogP contribution is -2.34. The van der Waals surface area contributed by atoms with Gasteiger partial charge in [-0.1, -0.05) is 19.9 Å². The van der Waals surface area contributed by atoms with Crippen LogP contribution in [-0.4, -0.2) is 26.1 Å². The van der Waals surface area contributed by atoms with Gasteiger partial charge in [-0.05, 0) is 38.0 Å². The first kappa shape index (κ1) is 21.7. The second-order valence-corrected chi connectivity index (χ2v) is 7.38. The average molecular weight is 364 g/mol. The van der Waals surface area contributed by atoms with Crippen LogP contribution in [0.4, 0.5) is 11.4 Å². The fourth-order valence-corrected chi connectivity index (χ4v) is 3.05. The van der Waals surface area contributed by atoms with E-state index in [4.69, 9.17) is 5.73 Å². The number of carbonyl (C=O) groups is 1. The van der Waals surface area contributed by atoms with Crippen molar-refractivity contribution < 1.29 is 13.2 Å². The molecule has 6 nitrogen and oxygen atoms in total. The van der Waals surface area contributed by atoms with Gasteiger partial charge in [-0.2, -0.15) is 0 Å². The lowest BCUT2D eigenvalue weighted by Gasteiger charge is -2.18. The van der Waals surface area contributed by atoms with E-state index in [1.807, 2.05) is 0 Å². The third-order valence-electron chi connectivity index (χ3n) is 3.53. The Morgan fingerprint density at radius 1 is 1.26 bits per heavy atom. The fraction of sp³-hybridized carbons (Fsp3) is 0.533. The lowest BCUT2D eigenvalue weighted by molar-refractivity contribution is -0.119. The predicted octanol–water partition coefficient (Wildman–Crippen LogP) is 2.49. The quantitative estimate of drug-likeness (QED) is 0.692. The van der Waals surface area contributed by atoms with Gasteiger partial charge in [-0.25, -0.2) is 8.42 Å². The SMILES string of the molecule is CCCS(=O)(=O)Nc1cccc(NC(=O)C(C)C(C)N)c1C.Cl. The van der Waals surface area contributed by atoms with E-state index in [-0.39, 0.29) is 36.0 Å². The zero-order chi connectivity index (χ0) is 16.9. The normalized spacial score (nSPS) is 13.6. The number of halogens is 1. The maximum Gasteiger partial charge on any atom is 0.232 e. The Morgan fingerprint density at radius 2 is 1.83 bits per heavy atom. The number of amides is 1. The Kier molecular flexibility index (Phi) is 8.58. The largest absolute Gasteiger partial charge is 0.327 e. The van der Waals surface area contributed by atoms with Gasteiger partial charge in [0.25, 0.3) is 0 Å². The van der Waals surface area contributed by atoms with E-state index in [1.54, 1.807) is 45.9 Å². The van der Waals surface area contributed by atoms with Crippen molar-refractivity contribution in [3.63, 3.8) is 0 Å². The number of benzene rings is 1. The van der Waals surface area contributed by atoms with Gasteiger partial charge in [0.05, 0.1) is 17.4 Å². The third kappa shape index (κ3) is 6.37. The summed E-state index contributed by atoms with van der Waals surface area (Å²) in [6.45, 7) is 7.09. The Labute approximate surface area is 144 Å². The van der Waals surface area contributed by atoms with Crippen molar-refractivity contribution in [2.45, 2.75) is 40.2 Å². The highest BCUT2D eigenvalue weighted by Gasteiger charge is 2.19. The number of anilines is 2. The second-order valence-electron chi connectivity index (χ2n) is 5.54. The molecule has 1 amide bonds. The van der Waals surface area contributed by atoms with Crippen molar-refractivity contribution >= 4 is 39.7 Å². The van der Waals surface area contributed by atoms with Gasteiger partial charge in [0.15, 0.2) is 0 Å². The van der Waals surface area contributed by atoms with Gasteiger partial charge in [-0.3, -0.25) is 9.52 Å². The van der Waals surface area contributed by atoms with Crippen molar-refractivity contribution in [2.75, 3.05) is 15.8 Å². The van der Waals surface area contributed by atoms with Crippen LogP contribution in [0.2, 0.25) is 0 Å². The van der Waals surface area contributed by atoms with Crippen molar-refractivity contribution in [1.29, 1.82) is 0 Å². The van der Waals surface area contributed by atoms with E-state index >= 15 is 0 Å². The van der Waals surface area contributed by atoms with E-state index in [9.17, 15) is 13.2 Å². The average Bonchev–Trinajstić information content (AvgIpc) is 2.41. The molecule has 0 radical (unpaired) electrons. The minimum absolute atomic E-state index is 0. The molecule has 1 rings (SSSR count). The highest BCUT2D eigenvalue weighted by atomic mass is 35.5. The van der Waals surface area contributed by atoms with Crippen molar-refractivity contribution in [3.05, 3.63) is 23.8 Å². The third-order valence-corrected chi connectivity index (χ3v) is 5.01. The molecule has 0 saturated heterocycles. The molecule has 0 aliphatic rings. The van der Waals surface area contributed by atoms with E-state index in [1.165, 1.54) is 0 Å². The van der Waals surface area contributed by atoms with Crippen LogP contribution in [0.25, 0.3) is 0 Å². The van der Waals surface area contributed by atoms with E-state index in [0.717, 1.165) is 0 Å². The molecule has 0 fully saturated rings. The summed E-state index contributed by atoms with van der Waals surface area (Å²) in [6.07, 6.45) is 0.538. The Bertz CT molecular complexity index is 633. The molecule has 0 aliphatic heterocycles. The van der Waals surface area contributed by atoms with Crippen LogP contribution < -0.4 is 15.8 Å². The van der Waals surface area contributed by atoms with Crippen LogP contribution in [0.15, 0.2) is 18.2 Å². The number of nitrogens with two attached hydrogens (primary N) is 1. The smallest absolute Gasteiger partial charge is 0.232 e. The Morgan fingerprint density at radius 3 is 2.35 bits per heavy atom. The van der Waals surface area contributed by atoms with E-state index in [0.29, 0.717) is 23.4 Å². The van der Waals surface area contributed by atoms with Crippen LogP contribution >= 0.6 is 12.4 Å². The molecule has 23 heavy (non-hydrogen) atoms. The number of sulfonamides is 1. The Hall–Kier alpha value is -1.31. The molecule has 0 aromatic heterocycles. The second kappa shape index (κ2) is 9.10. The molecule has 4 N–H and O–H groups in total. The van der Waals surface area contributed by atoms with Crippen LogP contribution in [0.3, 0.4) is 0 Å². The number of rotatable bonds is 7. The molecule has 0 spiro atoms. The first-order chi connectivity index (χ1) is 10.2. The molecule has 0 bridgehead atoms. The molecule has 1 aromatic carbocycles. The molecule has 132 valence electrons. The fourth-order valence-electron chi connectivity index (χ4n) is 1.85. The van der Waals surface area contributed by atoms with Crippen molar-refractivity contribution in [3.8, 4) is 0 Å². The Balaban J connectivity index is 0.00000484. The number of carbonyl (C=O) groups excluding carboxylic acids is 1. The number of hydrogen-bond acceptors (Lipinski definition) is 4. The molecule has 0 aliphatic carbocycles. The molecule has 2 atom stereocenters. The van der Waals surface area contributed by atoms with E-state index < -0.39 is 10.0 Å². The number of hydrogen-bond donors (Lipinski definition) is 3. The molecule has 0 saturated carbocycles. The minimum Gasteiger partial charge on any atom is -0.327 e. The van der Waals surface area contributed by atoms with Crippen molar-refractivity contribution in [2.24, 2.45) is 11.7 Å². The predicted molar refractivity (Wildman–Crippen MR) is 97.6 cm³/mol. The molecule has 0 heterocycles. The maximum atomic E-state index is 12.1. The van der Waals surface area contributed by atoms with E-state index in [2.05, 4.69) is 10.0 Å². The zero-order valence-electron chi connectivity index (χ0n) is 13.9. The topological polar surface area (TPSA) is 101 Å². The maximum absolute atomic E-state index is 12.1. The van der Waals surface area contributed by atoms with Crippen LogP contribution in [0.1, 0.15) is 32.8 Å². The van der Waals surface area contributed by atoms with Crippen molar-refractivity contribution in [1.82, 2.24) is 0 Å². The zero-order valence-corrected chi connectivity index (χ0v) is 15.6. The summed E-state index contributed by atoms with van der Waals surface area (Å²) in [7, 11) is -3.36. The number of nitrogens with one attached hydrogen (secondary N) is 2. The van der Waals surface area contributed by atoms with Crippen LogP contribution in [0, 0.1) is 12.8 Å². The van der Waals surface area contributed by atoms with Gasteiger partial charge < -0.3 is 11.1 Å². The van der Waals surface area contributed by atoms with Gasteiger partial charge in [0.1, 0.15) is 0 Å². The van der Waals surface area contributed by atoms with Gasteiger partial charge >= 0.3 is 0 Å². The monoisotopic (exact) mass is 363 g/mol. The van der Waals surface area contributed by atoms with Gasteiger partial charge in [0.2, 0.25) is 15.9 Å². The summed E-state index contributed by atoms with van der Waals surface area (Å²) in [5.41, 5.74) is 7.45. The molecular weight excluding hydrogens is 338 g/mol. The summed E-state index contributed by atoms with van der Waals surface area (Å²) in [5, 5.41) is 2.80. The van der Waals surface area contributed by atoms with Gasteiger partial charge in [-0.15, -0.1) is 12.4 Å². The molecule has 8 heteroatoms. The highest BCUT2D eigenvalue weighted by Crippen LogP contribution is 2.25. The van der Waals surface area contributed by atoms with Crippen LogP contribution in [-0.2, 0) is 14.8 Å². The standard InChI is InChI=1S/C15H25N3O3S.ClH/c1-5-9-22(20,21)18-14-8-6-7-13(11(14)3)17-15(19)10(2)12(4)16;/h6-8,10,12,18H,5,9,16H2,1-4H3,(H,17,19);1H. The highest BCUT2D eigenvalue weighted by molar-refractivity contribution is 7.92. The molecular formula is C15H26ClN3O3S. The summed E-state index contributed by atoms with van der Waals surface area (Å²) in [6, 6.07) is 4.85. The van der Waals surface area contributed by atoms with Gasteiger partial charge in [0, 0.05) is 11.7 Å².